The van der Waals surface area contributed by atoms with Crippen LogP contribution in [0, 0.1) is 0 Å². The van der Waals surface area contributed by atoms with Gasteiger partial charge < -0.3 is 10.1 Å². The van der Waals surface area contributed by atoms with E-state index in [1.807, 2.05) is 6.07 Å². The van der Waals surface area contributed by atoms with Gasteiger partial charge in [0, 0.05) is 30.6 Å². The molecule has 0 aliphatic carbocycles. The van der Waals surface area contributed by atoms with Gasteiger partial charge in [0.15, 0.2) is 0 Å². The van der Waals surface area contributed by atoms with Crippen molar-refractivity contribution in [3.8, 4) is 5.88 Å². The molecule has 1 N–H and O–H groups in total. The quantitative estimate of drug-likeness (QED) is 0.802. The van der Waals surface area contributed by atoms with Crippen LogP contribution < -0.4 is 10.1 Å². The van der Waals surface area contributed by atoms with Gasteiger partial charge in [-0.1, -0.05) is 6.07 Å². The monoisotopic (exact) mass is 266 g/mol. The maximum atomic E-state index is 11.8. The summed E-state index contributed by atoms with van der Waals surface area (Å²) in [6, 6.07) is 3.57. The van der Waals surface area contributed by atoms with E-state index in [4.69, 9.17) is 4.74 Å². The number of methoxy groups -OCH3 is 1. The first-order valence-electron chi connectivity index (χ1n) is 4.92. The van der Waals surface area contributed by atoms with Crippen LogP contribution in [0.4, 0.5) is 13.2 Å². The summed E-state index contributed by atoms with van der Waals surface area (Å²) < 4.78 is 40.5. The lowest BCUT2D eigenvalue weighted by molar-refractivity contribution is -0.0327. The first kappa shape index (κ1) is 14.1. The third kappa shape index (κ3) is 5.78. The minimum Gasteiger partial charge on any atom is -0.481 e. The second-order valence-electron chi connectivity index (χ2n) is 3.14. The first-order chi connectivity index (χ1) is 8.03. The zero-order valence-corrected chi connectivity index (χ0v) is 10.1. The Labute approximate surface area is 102 Å². The zero-order chi connectivity index (χ0) is 12.7. The molecule has 1 aromatic rings. The smallest absolute Gasteiger partial charge is 0.441 e. The molecule has 0 saturated heterocycles. The van der Waals surface area contributed by atoms with Crippen LogP contribution in [-0.2, 0) is 6.54 Å². The van der Waals surface area contributed by atoms with Crippen LogP contribution in [0.15, 0.2) is 18.3 Å². The molecule has 0 fully saturated rings. The molecule has 0 amide bonds. The molecule has 0 saturated carbocycles. The van der Waals surface area contributed by atoms with Gasteiger partial charge in [-0.15, -0.1) is 0 Å². The summed E-state index contributed by atoms with van der Waals surface area (Å²) in [6.45, 7) is 0.720. The van der Waals surface area contributed by atoms with E-state index in [1.54, 1.807) is 12.3 Å². The molecule has 0 aliphatic rings. The van der Waals surface area contributed by atoms with E-state index in [2.05, 4.69) is 10.3 Å². The van der Waals surface area contributed by atoms with Crippen LogP contribution in [0.3, 0.4) is 0 Å². The van der Waals surface area contributed by atoms with E-state index < -0.39 is 5.51 Å². The number of nitrogens with zero attached hydrogens (tertiary/aromatic N) is 1. The third-order valence-electron chi connectivity index (χ3n) is 1.90. The molecule has 7 heteroatoms. The number of alkyl halides is 3. The van der Waals surface area contributed by atoms with Crippen LogP contribution in [0.1, 0.15) is 5.56 Å². The molecular weight excluding hydrogens is 253 g/mol. The molecule has 1 rings (SSSR count). The molecular formula is C10H13F3N2OS. The zero-order valence-electron chi connectivity index (χ0n) is 9.25. The summed E-state index contributed by atoms with van der Waals surface area (Å²) >= 11 is -0.0307. The number of aromatic nitrogens is 1. The summed E-state index contributed by atoms with van der Waals surface area (Å²) in [6.07, 6.45) is 1.60. The van der Waals surface area contributed by atoms with Gasteiger partial charge in [-0.25, -0.2) is 4.98 Å². The number of rotatable bonds is 6. The van der Waals surface area contributed by atoms with Crippen molar-refractivity contribution in [2.24, 2.45) is 0 Å². The number of hydrogen-bond acceptors (Lipinski definition) is 4. The highest BCUT2D eigenvalue weighted by Crippen LogP contribution is 2.29. The number of nitrogens with one attached hydrogen (secondary N) is 1. The van der Waals surface area contributed by atoms with Gasteiger partial charge in [0.1, 0.15) is 0 Å². The van der Waals surface area contributed by atoms with Crippen LogP contribution in [-0.4, -0.2) is 29.9 Å². The SMILES string of the molecule is COc1ncccc1CNCCSC(F)(F)F. The second kappa shape index (κ2) is 6.70. The summed E-state index contributed by atoms with van der Waals surface area (Å²) in [7, 11) is 1.51. The van der Waals surface area contributed by atoms with Gasteiger partial charge >= 0.3 is 5.51 Å². The summed E-state index contributed by atoms with van der Waals surface area (Å²) in [5, 5.41) is 2.91. The number of halogens is 3. The van der Waals surface area contributed by atoms with Crippen molar-refractivity contribution >= 4 is 11.8 Å². The first-order valence-corrected chi connectivity index (χ1v) is 5.91. The van der Waals surface area contributed by atoms with Gasteiger partial charge in [-0.05, 0) is 17.8 Å². The van der Waals surface area contributed by atoms with Crippen molar-refractivity contribution in [3.05, 3.63) is 23.9 Å². The highest BCUT2D eigenvalue weighted by atomic mass is 32.2. The van der Waals surface area contributed by atoms with Gasteiger partial charge in [0.2, 0.25) is 5.88 Å². The largest absolute Gasteiger partial charge is 0.481 e. The number of hydrogen-bond donors (Lipinski definition) is 1. The molecule has 1 heterocycles. The van der Waals surface area contributed by atoms with Crippen molar-refractivity contribution in [1.29, 1.82) is 0 Å². The Hall–Kier alpha value is -0.950. The Morgan fingerprint density at radius 2 is 2.24 bits per heavy atom. The highest BCUT2D eigenvalue weighted by Gasteiger charge is 2.27. The molecule has 96 valence electrons. The Balaban J connectivity index is 2.27. The average molecular weight is 266 g/mol. The lowest BCUT2D eigenvalue weighted by atomic mass is 10.2. The molecule has 3 nitrogen and oxygen atoms in total. The van der Waals surface area contributed by atoms with Gasteiger partial charge in [0.25, 0.3) is 0 Å². The van der Waals surface area contributed by atoms with Crippen LogP contribution in [0.25, 0.3) is 0 Å². The molecule has 0 bridgehead atoms. The highest BCUT2D eigenvalue weighted by molar-refractivity contribution is 8.00. The van der Waals surface area contributed by atoms with Gasteiger partial charge in [-0.3, -0.25) is 0 Å². The van der Waals surface area contributed by atoms with Gasteiger partial charge in [0.05, 0.1) is 7.11 Å². The number of pyridine rings is 1. The van der Waals surface area contributed by atoms with Gasteiger partial charge in [-0.2, -0.15) is 13.2 Å². The Bertz CT molecular complexity index is 347. The minimum atomic E-state index is -4.16. The summed E-state index contributed by atoms with van der Waals surface area (Å²) in [4.78, 5) is 3.99. The standard InChI is InChI=1S/C10H13F3N2OS/c1-16-9-8(3-2-4-15-9)7-14-5-6-17-10(11,12)13/h2-4,14H,5-7H2,1H3. The second-order valence-corrected chi connectivity index (χ2v) is 4.30. The van der Waals surface area contributed by atoms with E-state index >= 15 is 0 Å². The molecule has 1 aromatic heterocycles. The van der Waals surface area contributed by atoms with E-state index in [0.717, 1.165) is 5.56 Å². The lowest BCUT2D eigenvalue weighted by Gasteiger charge is -2.09. The fraction of sp³-hybridized carbons (Fsp3) is 0.500. The maximum absolute atomic E-state index is 11.8. The molecule has 0 spiro atoms. The predicted molar refractivity (Wildman–Crippen MR) is 61.0 cm³/mol. The maximum Gasteiger partial charge on any atom is 0.441 e. The molecule has 0 radical (unpaired) electrons. The summed E-state index contributed by atoms with van der Waals surface area (Å²) in [5.74, 6) is 0.481. The van der Waals surface area contributed by atoms with Crippen LogP contribution in [0.5, 0.6) is 5.88 Å². The minimum absolute atomic E-state index is 0.00786. The third-order valence-corrected chi connectivity index (χ3v) is 2.64. The van der Waals surface area contributed by atoms with Crippen LogP contribution >= 0.6 is 11.8 Å². The Morgan fingerprint density at radius 3 is 2.88 bits per heavy atom. The topological polar surface area (TPSA) is 34.1 Å². The average Bonchev–Trinajstić information content (AvgIpc) is 2.27. The molecule has 0 aliphatic heterocycles. The van der Waals surface area contributed by atoms with Crippen molar-refractivity contribution in [2.45, 2.75) is 12.1 Å². The van der Waals surface area contributed by atoms with Crippen molar-refractivity contribution in [1.82, 2.24) is 10.3 Å². The lowest BCUT2D eigenvalue weighted by Crippen LogP contribution is -2.18. The fourth-order valence-electron chi connectivity index (χ4n) is 1.20. The molecule has 0 unspecified atom stereocenters. The normalized spacial score (nSPS) is 11.5. The van der Waals surface area contributed by atoms with Crippen LogP contribution in [0.2, 0.25) is 0 Å². The summed E-state index contributed by atoms with van der Waals surface area (Å²) in [5.41, 5.74) is -3.33. The Kier molecular flexibility index (Phi) is 5.57. The van der Waals surface area contributed by atoms with Crippen molar-refractivity contribution in [3.63, 3.8) is 0 Å². The molecule has 0 aromatic carbocycles. The Morgan fingerprint density at radius 1 is 1.47 bits per heavy atom. The predicted octanol–water partition coefficient (Wildman–Crippen LogP) is 2.43. The number of ether oxygens (including phenoxy) is 1. The van der Waals surface area contributed by atoms with Crippen molar-refractivity contribution in [2.75, 3.05) is 19.4 Å². The fourth-order valence-corrected chi connectivity index (χ4v) is 1.68. The van der Waals surface area contributed by atoms with E-state index in [-0.39, 0.29) is 24.1 Å². The van der Waals surface area contributed by atoms with E-state index in [1.165, 1.54) is 7.11 Å². The molecule has 17 heavy (non-hydrogen) atoms. The van der Waals surface area contributed by atoms with E-state index in [0.29, 0.717) is 12.4 Å². The van der Waals surface area contributed by atoms with E-state index in [9.17, 15) is 13.2 Å². The molecule has 0 atom stereocenters. The number of thioether (sulfide) groups is 1. The van der Waals surface area contributed by atoms with Crippen molar-refractivity contribution < 1.29 is 17.9 Å².